The van der Waals surface area contributed by atoms with E-state index in [4.69, 9.17) is 21.1 Å². The number of nitrogens with one attached hydrogen (secondary N) is 2. The molecule has 0 saturated carbocycles. The van der Waals surface area contributed by atoms with Crippen molar-refractivity contribution in [3.63, 3.8) is 0 Å². The summed E-state index contributed by atoms with van der Waals surface area (Å²) >= 11 is 0. The topological polar surface area (TPSA) is 162 Å². The molecule has 0 aliphatic rings. The zero-order valence-electron chi connectivity index (χ0n) is 11.4. The van der Waals surface area contributed by atoms with E-state index < -0.39 is 49.1 Å². The molecule has 0 aliphatic heterocycles. The van der Waals surface area contributed by atoms with Crippen molar-refractivity contribution >= 4 is 17.8 Å². The number of carbonyl (C=O) groups is 3. The van der Waals surface area contributed by atoms with Gasteiger partial charge >= 0.3 is 5.97 Å². The number of carboxylic acids is 1. The number of aliphatic hydroxyl groups excluding tert-OH is 2. The highest BCUT2D eigenvalue weighted by Crippen LogP contribution is 1.99. The highest BCUT2D eigenvalue weighted by molar-refractivity contribution is 5.91. The van der Waals surface area contributed by atoms with Crippen LogP contribution in [-0.4, -0.2) is 64.4 Å². The lowest BCUT2D eigenvalue weighted by Gasteiger charge is -2.21. The minimum Gasteiger partial charge on any atom is -0.480 e. The number of hydrogen-bond acceptors (Lipinski definition) is 6. The Morgan fingerprint density at radius 3 is 1.80 bits per heavy atom. The minimum atomic E-state index is -1.51. The van der Waals surface area contributed by atoms with Gasteiger partial charge in [-0.25, -0.2) is 4.79 Å². The Hall–Kier alpha value is -1.71. The van der Waals surface area contributed by atoms with Crippen LogP contribution >= 0.6 is 0 Å². The molecule has 0 spiro atoms. The minimum absolute atomic E-state index is 0.165. The van der Waals surface area contributed by atoms with Crippen molar-refractivity contribution in [2.45, 2.75) is 32.0 Å². The molecule has 3 atom stereocenters. The van der Waals surface area contributed by atoms with Gasteiger partial charge in [-0.3, -0.25) is 9.59 Å². The van der Waals surface area contributed by atoms with Crippen LogP contribution in [0, 0.1) is 5.92 Å². The second-order valence-electron chi connectivity index (χ2n) is 4.60. The van der Waals surface area contributed by atoms with Crippen LogP contribution in [0.15, 0.2) is 0 Å². The summed E-state index contributed by atoms with van der Waals surface area (Å²) in [4.78, 5) is 34.0. The van der Waals surface area contributed by atoms with Crippen LogP contribution in [0.1, 0.15) is 13.8 Å². The van der Waals surface area contributed by atoms with Gasteiger partial charge in [0.2, 0.25) is 11.8 Å². The smallest absolute Gasteiger partial charge is 0.328 e. The number of hydrogen-bond donors (Lipinski definition) is 6. The van der Waals surface area contributed by atoms with E-state index in [-0.39, 0.29) is 5.92 Å². The Bertz CT molecular complexity index is 360. The summed E-state index contributed by atoms with van der Waals surface area (Å²) in [6, 6.07) is -3.70. The Labute approximate surface area is 116 Å². The summed E-state index contributed by atoms with van der Waals surface area (Å²) in [5, 5.41) is 30.7. The molecule has 9 nitrogen and oxygen atoms in total. The summed E-state index contributed by atoms with van der Waals surface area (Å²) in [7, 11) is 0. The van der Waals surface area contributed by atoms with Gasteiger partial charge in [-0.15, -0.1) is 0 Å². The van der Waals surface area contributed by atoms with Gasteiger partial charge in [-0.2, -0.15) is 0 Å². The van der Waals surface area contributed by atoms with E-state index in [9.17, 15) is 14.4 Å². The second-order valence-corrected chi connectivity index (χ2v) is 4.60. The predicted octanol–water partition coefficient (Wildman–Crippen LogP) is -2.99. The quantitative estimate of drug-likeness (QED) is 0.278. The van der Waals surface area contributed by atoms with Gasteiger partial charge in [-0.05, 0) is 5.92 Å². The zero-order chi connectivity index (χ0) is 15.9. The van der Waals surface area contributed by atoms with Gasteiger partial charge < -0.3 is 31.7 Å². The van der Waals surface area contributed by atoms with E-state index in [1.165, 1.54) is 0 Å². The molecule has 7 N–H and O–H groups in total. The van der Waals surface area contributed by atoms with Crippen molar-refractivity contribution in [2.75, 3.05) is 13.2 Å². The number of aliphatic hydroxyl groups is 2. The molecular formula is C11H21N3O6. The van der Waals surface area contributed by atoms with Gasteiger partial charge in [0.15, 0.2) is 0 Å². The van der Waals surface area contributed by atoms with E-state index in [0.29, 0.717) is 0 Å². The Morgan fingerprint density at radius 2 is 1.45 bits per heavy atom. The standard InChI is InChI=1S/C11H21N3O6/c1-5(2)8(12)10(18)13-6(3-15)9(17)14-7(4-16)11(19)20/h5-8,15-16H,3-4,12H2,1-2H3,(H,13,18)(H,14,17)(H,19,20)/t6-,7-,8-/m0/s1. The summed E-state index contributed by atoms with van der Waals surface area (Å²) < 4.78 is 0. The van der Waals surface area contributed by atoms with E-state index >= 15 is 0 Å². The number of aliphatic carboxylic acids is 1. The predicted molar refractivity (Wildman–Crippen MR) is 68.5 cm³/mol. The lowest BCUT2D eigenvalue weighted by Crippen LogP contribution is -2.57. The van der Waals surface area contributed by atoms with Crippen LogP contribution in [0.4, 0.5) is 0 Å². The highest BCUT2D eigenvalue weighted by Gasteiger charge is 2.27. The van der Waals surface area contributed by atoms with Crippen molar-refractivity contribution in [2.24, 2.45) is 11.7 Å². The van der Waals surface area contributed by atoms with Crippen LogP contribution in [-0.2, 0) is 14.4 Å². The highest BCUT2D eigenvalue weighted by atomic mass is 16.4. The SMILES string of the molecule is CC(C)[C@H](N)C(=O)N[C@@H](CO)C(=O)N[C@@H](CO)C(=O)O. The van der Waals surface area contributed by atoms with Crippen LogP contribution < -0.4 is 16.4 Å². The first kappa shape index (κ1) is 18.3. The summed E-state index contributed by atoms with van der Waals surface area (Å²) in [6.45, 7) is 1.90. The molecule has 9 heteroatoms. The second kappa shape index (κ2) is 8.46. The van der Waals surface area contributed by atoms with Gasteiger partial charge in [-0.1, -0.05) is 13.8 Å². The monoisotopic (exact) mass is 291 g/mol. The molecule has 0 bridgehead atoms. The molecule has 0 radical (unpaired) electrons. The van der Waals surface area contributed by atoms with Crippen molar-refractivity contribution in [1.29, 1.82) is 0 Å². The third kappa shape index (κ3) is 5.51. The van der Waals surface area contributed by atoms with Gasteiger partial charge in [0.05, 0.1) is 19.3 Å². The first-order valence-corrected chi connectivity index (χ1v) is 6.05. The average Bonchev–Trinajstić information content (AvgIpc) is 2.39. The van der Waals surface area contributed by atoms with E-state index in [2.05, 4.69) is 5.32 Å². The van der Waals surface area contributed by atoms with Crippen LogP contribution in [0.5, 0.6) is 0 Å². The molecule has 0 saturated heterocycles. The fraction of sp³-hybridized carbons (Fsp3) is 0.727. The number of carboxylic acid groups (broad SMARTS) is 1. The van der Waals surface area contributed by atoms with E-state index in [0.717, 1.165) is 0 Å². The molecule has 0 aromatic heterocycles. The Morgan fingerprint density at radius 1 is 1.00 bits per heavy atom. The Balaban J connectivity index is 4.64. The molecule has 116 valence electrons. The zero-order valence-corrected chi connectivity index (χ0v) is 11.4. The summed E-state index contributed by atoms with van der Waals surface area (Å²) in [5.41, 5.74) is 5.58. The number of nitrogens with two attached hydrogens (primary N) is 1. The molecule has 0 rings (SSSR count). The van der Waals surface area contributed by atoms with Gasteiger partial charge in [0.1, 0.15) is 12.1 Å². The van der Waals surface area contributed by atoms with Crippen LogP contribution in [0.2, 0.25) is 0 Å². The molecule has 0 aliphatic carbocycles. The molecule has 0 fully saturated rings. The van der Waals surface area contributed by atoms with Gasteiger partial charge in [0, 0.05) is 0 Å². The summed E-state index contributed by atoms with van der Waals surface area (Å²) in [5.74, 6) is -3.15. The third-order valence-electron chi connectivity index (χ3n) is 2.63. The lowest BCUT2D eigenvalue weighted by atomic mass is 10.0. The maximum atomic E-state index is 11.7. The normalized spacial score (nSPS) is 15.3. The van der Waals surface area contributed by atoms with Crippen LogP contribution in [0.25, 0.3) is 0 Å². The van der Waals surface area contributed by atoms with E-state index in [1.807, 2.05) is 5.32 Å². The van der Waals surface area contributed by atoms with Crippen molar-refractivity contribution in [3.05, 3.63) is 0 Å². The first-order valence-electron chi connectivity index (χ1n) is 6.05. The lowest BCUT2D eigenvalue weighted by molar-refractivity contribution is -0.143. The van der Waals surface area contributed by atoms with E-state index in [1.54, 1.807) is 13.8 Å². The van der Waals surface area contributed by atoms with Crippen molar-refractivity contribution in [1.82, 2.24) is 10.6 Å². The maximum absolute atomic E-state index is 11.7. The number of amides is 2. The first-order chi connectivity index (χ1) is 9.24. The molecule has 0 aromatic rings. The fourth-order valence-electron chi connectivity index (χ4n) is 1.22. The van der Waals surface area contributed by atoms with Crippen molar-refractivity contribution < 1.29 is 29.7 Å². The van der Waals surface area contributed by atoms with Crippen molar-refractivity contribution in [3.8, 4) is 0 Å². The number of rotatable bonds is 8. The van der Waals surface area contributed by atoms with Gasteiger partial charge in [0.25, 0.3) is 0 Å². The third-order valence-corrected chi connectivity index (χ3v) is 2.63. The van der Waals surface area contributed by atoms with Crippen LogP contribution in [0.3, 0.4) is 0 Å². The Kier molecular flexibility index (Phi) is 7.74. The molecule has 0 heterocycles. The fourth-order valence-corrected chi connectivity index (χ4v) is 1.22. The largest absolute Gasteiger partial charge is 0.480 e. The average molecular weight is 291 g/mol. The molecule has 0 unspecified atom stereocenters. The number of carbonyl (C=O) groups excluding carboxylic acids is 2. The molecule has 2 amide bonds. The molecule has 0 aromatic carbocycles. The summed E-state index contributed by atoms with van der Waals surface area (Å²) in [6.07, 6.45) is 0. The molecular weight excluding hydrogens is 270 g/mol. The maximum Gasteiger partial charge on any atom is 0.328 e. The molecule has 20 heavy (non-hydrogen) atoms.